The van der Waals surface area contributed by atoms with Gasteiger partial charge in [0.05, 0.1) is 23.5 Å². The maximum Gasteiger partial charge on any atom is 0.274 e. The number of pyridine rings is 1. The Labute approximate surface area is 149 Å². The molecule has 1 aromatic heterocycles. The summed E-state index contributed by atoms with van der Waals surface area (Å²) in [4.78, 5) is 30.1. The van der Waals surface area contributed by atoms with E-state index in [1.807, 2.05) is 6.07 Å². The lowest BCUT2D eigenvalue weighted by Gasteiger charge is -2.33. The maximum atomic E-state index is 13.5. The summed E-state index contributed by atoms with van der Waals surface area (Å²) in [6.07, 6.45) is 5.31. The second kappa shape index (κ2) is 6.17. The summed E-state index contributed by atoms with van der Waals surface area (Å²) in [7, 11) is 0. The average Bonchev–Trinajstić information content (AvgIpc) is 2.96. The number of hydrogen-bond acceptors (Lipinski definition) is 4. The molecule has 1 spiro atoms. The summed E-state index contributed by atoms with van der Waals surface area (Å²) in [5.41, 5.74) is 4.10. The van der Waals surface area contributed by atoms with E-state index in [0.717, 1.165) is 17.3 Å². The highest BCUT2D eigenvalue weighted by atomic mass is 19.1. The molecule has 26 heavy (non-hydrogen) atoms. The van der Waals surface area contributed by atoms with Gasteiger partial charge in [-0.3, -0.25) is 19.8 Å². The first-order chi connectivity index (χ1) is 12.5. The monoisotopic (exact) mass is 355 g/mol. The van der Waals surface area contributed by atoms with Gasteiger partial charge in [-0.25, -0.2) is 9.87 Å². The van der Waals surface area contributed by atoms with Crippen LogP contribution in [0.3, 0.4) is 0 Å². The zero-order valence-electron chi connectivity index (χ0n) is 14.0. The van der Waals surface area contributed by atoms with Gasteiger partial charge in [0, 0.05) is 18.2 Å². The highest BCUT2D eigenvalue weighted by Gasteiger charge is 2.48. The van der Waals surface area contributed by atoms with Crippen LogP contribution in [0.25, 0.3) is 0 Å². The second-order valence-corrected chi connectivity index (χ2v) is 6.95. The summed E-state index contributed by atoms with van der Waals surface area (Å²) < 4.78 is 13.5. The van der Waals surface area contributed by atoms with Gasteiger partial charge < -0.3 is 4.90 Å². The van der Waals surface area contributed by atoms with Crippen molar-refractivity contribution in [3.63, 3.8) is 0 Å². The first-order valence-corrected chi connectivity index (χ1v) is 8.51. The van der Waals surface area contributed by atoms with Crippen LogP contribution < -0.4 is 10.4 Å². The SMILES string of the molecule is O=C(NO)c1ccc2c(c1)CC[C@]1(CCN(c3cncc(F)c3)C1=O)C2. The van der Waals surface area contributed by atoms with E-state index in [4.69, 9.17) is 5.21 Å². The fourth-order valence-corrected chi connectivity index (χ4v) is 4.07. The first-order valence-electron chi connectivity index (χ1n) is 8.51. The van der Waals surface area contributed by atoms with Crippen molar-refractivity contribution in [3.05, 3.63) is 59.2 Å². The lowest BCUT2D eigenvalue weighted by molar-refractivity contribution is -0.126. The second-order valence-electron chi connectivity index (χ2n) is 6.95. The van der Waals surface area contributed by atoms with Crippen molar-refractivity contribution in [2.24, 2.45) is 5.41 Å². The van der Waals surface area contributed by atoms with Crippen LogP contribution in [0.4, 0.5) is 10.1 Å². The fourth-order valence-electron chi connectivity index (χ4n) is 4.07. The highest BCUT2D eigenvalue weighted by molar-refractivity contribution is 6.00. The van der Waals surface area contributed by atoms with Crippen molar-refractivity contribution in [1.82, 2.24) is 10.5 Å². The van der Waals surface area contributed by atoms with Crippen LogP contribution in [0.5, 0.6) is 0 Å². The van der Waals surface area contributed by atoms with Gasteiger partial charge in [-0.2, -0.15) is 0 Å². The number of anilines is 1. The van der Waals surface area contributed by atoms with Gasteiger partial charge in [0.2, 0.25) is 5.91 Å². The van der Waals surface area contributed by atoms with E-state index in [0.29, 0.717) is 43.5 Å². The van der Waals surface area contributed by atoms with Crippen molar-refractivity contribution in [2.45, 2.75) is 25.7 Å². The number of aryl methyl sites for hydroxylation is 1. The minimum absolute atomic E-state index is 0.00716. The fraction of sp³-hybridized carbons (Fsp3) is 0.316. The Morgan fingerprint density at radius 2 is 2.08 bits per heavy atom. The number of amides is 2. The number of carbonyl (C=O) groups is 2. The smallest absolute Gasteiger partial charge is 0.274 e. The number of fused-ring (bicyclic) bond motifs is 1. The normalized spacial score (nSPS) is 21.8. The summed E-state index contributed by atoms with van der Waals surface area (Å²) in [6.45, 7) is 0.546. The molecule has 1 atom stereocenters. The van der Waals surface area contributed by atoms with Crippen LogP contribution in [0, 0.1) is 11.2 Å². The Morgan fingerprint density at radius 3 is 2.85 bits per heavy atom. The van der Waals surface area contributed by atoms with Gasteiger partial charge in [0.1, 0.15) is 5.82 Å². The van der Waals surface area contributed by atoms with E-state index in [-0.39, 0.29) is 5.91 Å². The quantitative estimate of drug-likeness (QED) is 0.639. The molecule has 1 fully saturated rings. The van der Waals surface area contributed by atoms with Crippen LogP contribution in [0.1, 0.15) is 34.3 Å². The molecule has 1 aliphatic heterocycles. The molecule has 2 aromatic rings. The number of hydroxylamine groups is 1. The Morgan fingerprint density at radius 1 is 1.23 bits per heavy atom. The number of nitrogens with zero attached hydrogens (tertiary/aromatic N) is 2. The number of carbonyl (C=O) groups excluding carboxylic acids is 2. The Hall–Kier alpha value is -2.80. The number of nitrogens with one attached hydrogen (secondary N) is 1. The molecule has 0 bridgehead atoms. The molecule has 6 nitrogen and oxygen atoms in total. The van der Waals surface area contributed by atoms with Crippen molar-refractivity contribution in [2.75, 3.05) is 11.4 Å². The van der Waals surface area contributed by atoms with E-state index >= 15 is 0 Å². The van der Waals surface area contributed by atoms with Gasteiger partial charge in [0.25, 0.3) is 5.91 Å². The van der Waals surface area contributed by atoms with Crippen molar-refractivity contribution < 1.29 is 19.2 Å². The summed E-state index contributed by atoms with van der Waals surface area (Å²) >= 11 is 0. The van der Waals surface area contributed by atoms with E-state index in [1.54, 1.807) is 22.5 Å². The molecule has 134 valence electrons. The molecule has 2 heterocycles. The molecule has 2 amide bonds. The van der Waals surface area contributed by atoms with Gasteiger partial charge in [-0.05, 0) is 48.9 Å². The lowest BCUT2D eigenvalue weighted by atomic mass is 9.70. The number of halogens is 1. The van der Waals surface area contributed by atoms with Gasteiger partial charge in [-0.15, -0.1) is 0 Å². The van der Waals surface area contributed by atoms with Crippen LogP contribution in [0.2, 0.25) is 0 Å². The first kappa shape index (κ1) is 16.7. The van der Waals surface area contributed by atoms with Gasteiger partial charge >= 0.3 is 0 Å². The molecule has 4 rings (SSSR count). The molecule has 0 unspecified atom stereocenters. The predicted octanol–water partition coefficient (Wildman–Crippen LogP) is 2.25. The van der Waals surface area contributed by atoms with Crippen LogP contribution in [-0.2, 0) is 17.6 Å². The van der Waals surface area contributed by atoms with E-state index in [9.17, 15) is 14.0 Å². The van der Waals surface area contributed by atoms with Gasteiger partial charge in [0.15, 0.2) is 0 Å². The third-order valence-corrected chi connectivity index (χ3v) is 5.49. The predicted molar refractivity (Wildman–Crippen MR) is 91.3 cm³/mol. The minimum atomic E-state index is -0.546. The topological polar surface area (TPSA) is 82.5 Å². The van der Waals surface area contributed by atoms with E-state index in [2.05, 4.69) is 4.98 Å². The zero-order chi connectivity index (χ0) is 18.3. The number of rotatable bonds is 2. The number of hydrogen-bond donors (Lipinski definition) is 2. The number of aromatic nitrogens is 1. The largest absolute Gasteiger partial charge is 0.310 e. The van der Waals surface area contributed by atoms with Crippen molar-refractivity contribution in [3.8, 4) is 0 Å². The molecule has 1 aromatic carbocycles. The molecule has 1 aliphatic carbocycles. The van der Waals surface area contributed by atoms with E-state index in [1.165, 1.54) is 12.3 Å². The summed E-state index contributed by atoms with van der Waals surface area (Å²) in [6, 6.07) is 6.60. The van der Waals surface area contributed by atoms with E-state index < -0.39 is 17.1 Å². The standard InChI is InChI=1S/C19H18FN3O3/c20-15-8-16(11-21-10-15)23-6-5-19(18(23)25)4-3-12-7-13(17(24)22-26)1-2-14(12)9-19/h1-2,7-8,10-11,26H,3-6,9H2,(H,22,24)/t19-/m0/s1. The maximum absolute atomic E-state index is 13.5. The Bertz CT molecular complexity index is 901. The average molecular weight is 355 g/mol. The third kappa shape index (κ3) is 2.64. The molecular weight excluding hydrogens is 337 g/mol. The third-order valence-electron chi connectivity index (χ3n) is 5.49. The Kier molecular flexibility index (Phi) is 3.96. The summed E-state index contributed by atoms with van der Waals surface area (Å²) in [5, 5.41) is 8.77. The summed E-state index contributed by atoms with van der Waals surface area (Å²) in [5.74, 6) is -0.998. The Balaban J connectivity index is 1.60. The molecule has 1 saturated heterocycles. The molecule has 2 aliphatic rings. The highest BCUT2D eigenvalue weighted by Crippen LogP contribution is 2.45. The molecule has 7 heteroatoms. The van der Waals surface area contributed by atoms with Crippen LogP contribution in [-0.4, -0.2) is 28.6 Å². The zero-order valence-corrected chi connectivity index (χ0v) is 14.0. The molecule has 0 saturated carbocycles. The van der Waals surface area contributed by atoms with Crippen LogP contribution in [0.15, 0.2) is 36.7 Å². The van der Waals surface area contributed by atoms with Crippen molar-refractivity contribution in [1.29, 1.82) is 0 Å². The van der Waals surface area contributed by atoms with Crippen LogP contribution >= 0.6 is 0 Å². The number of benzene rings is 1. The lowest BCUT2D eigenvalue weighted by Crippen LogP contribution is -2.39. The van der Waals surface area contributed by atoms with Gasteiger partial charge in [-0.1, -0.05) is 6.07 Å². The molecule has 2 N–H and O–H groups in total. The molecular formula is C19H18FN3O3. The molecule has 0 radical (unpaired) electrons. The minimum Gasteiger partial charge on any atom is -0.310 e. The van der Waals surface area contributed by atoms with Crippen molar-refractivity contribution >= 4 is 17.5 Å².